The molecule has 0 fully saturated rings. The Morgan fingerprint density at radius 2 is 2.11 bits per heavy atom. The van der Waals surface area contributed by atoms with E-state index in [0.717, 1.165) is 0 Å². The van der Waals surface area contributed by atoms with Gasteiger partial charge in [-0.25, -0.2) is 0 Å². The zero-order valence-corrected chi connectivity index (χ0v) is 14.3. The van der Waals surface area contributed by atoms with Gasteiger partial charge in [0.05, 0.1) is 12.8 Å². The van der Waals surface area contributed by atoms with Crippen LogP contribution < -0.4 is 14.8 Å². The van der Waals surface area contributed by atoms with Crippen LogP contribution in [0.4, 0.5) is 20.4 Å². The van der Waals surface area contributed by atoms with Crippen LogP contribution in [-0.4, -0.2) is 27.5 Å². The molecule has 0 unspecified atom stereocenters. The largest absolute Gasteiger partial charge is 0.490 e. The molecule has 0 aliphatic heterocycles. The van der Waals surface area contributed by atoms with Crippen LogP contribution in [-0.2, 0) is 6.54 Å². The highest BCUT2D eigenvalue weighted by Gasteiger charge is 2.22. The smallest absolute Gasteiger partial charge is 0.387 e. The summed E-state index contributed by atoms with van der Waals surface area (Å²) >= 11 is 0. The quantitative estimate of drug-likeness (QED) is 0.473. The lowest BCUT2D eigenvalue weighted by Gasteiger charge is -2.13. The summed E-state index contributed by atoms with van der Waals surface area (Å²) in [4.78, 5) is 15.1. The highest BCUT2D eigenvalue weighted by Crippen LogP contribution is 2.31. The van der Waals surface area contributed by atoms with Gasteiger partial charge in [-0.1, -0.05) is 12.1 Å². The van der Waals surface area contributed by atoms with E-state index in [1.165, 1.54) is 16.5 Å². The number of nitrogens with zero attached hydrogens (tertiary/aromatic N) is 3. The van der Waals surface area contributed by atoms with Crippen molar-refractivity contribution in [1.82, 2.24) is 9.38 Å². The number of benzene rings is 1. The first kappa shape index (κ1) is 18.4. The van der Waals surface area contributed by atoms with Crippen molar-refractivity contribution in [2.75, 3.05) is 11.9 Å². The van der Waals surface area contributed by atoms with E-state index in [4.69, 9.17) is 4.74 Å². The molecular formula is C17H16F2N4O4. The standard InChI is InChI=1S/C17H16F2N4O4/c1-2-26-13-9-11(6-7-12(13)27-17(18)19)10-20-15-16(23(24)25)22-8-4-3-5-14(22)21-15/h3-9,17,20H,2,10H2,1H3. The molecule has 10 heteroatoms. The van der Waals surface area contributed by atoms with E-state index < -0.39 is 11.5 Å². The Morgan fingerprint density at radius 1 is 1.30 bits per heavy atom. The molecule has 0 radical (unpaired) electrons. The normalized spacial score (nSPS) is 11.0. The van der Waals surface area contributed by atoms with E-state index in [2.05, 4.69) is 15.0 Å². The molecule has 0 saturated heterocycles. The molecule has 142 valence electrons. The van der Waals surface area contributed by atoms with Gasteiger partial charge < -0.3 is 24.9 Å². The Kier molecular flexibility index (Phi) is 5.34. The SMILES string of the molecule is CCOc1cc(CNc2nc3ccccn3c2[N+](=O)[O-])ccc1OC(F)F. The number of nitro groups is 1. The molecule has 0 aliphatic rings. The van der Waals surface area contributed by atoms with Gasteiger partial charge >= 0.3 is 12.4 Å². The van der Waals surface area contributed by atoms with Crippen molar-refractivity contribution in [2.24, 2.45) is 0 Å². The van der Waals surface area contributed by atoms with Crippen LogP contribution in [0, 0.1) is 10.1 Å². The predicted octanol–water partition coefficient (Wildman–Crippen LogP) is 3.85. The topological polar surface area (TPSA) is 90.9 Å². The average Bonchev–Trinajstić information content (AvgIpc) is 3.00. The van der Waals surface area contributed by atoms with E-state index >= 15 is 0 Å². The van der Waals surface area contributed by atoms with Crippen LogP contribution >= 0.6 is 0 Å². The molecule has 3 rings (SSSR count). The van der Waals surface area contributed by atoms with Crippen molar-refractivity contribution in [3.05, 3.63) is 58.3 Å². The van der Waals surface area contributed by atoms with Gasteiger partial charge in [0.25, 0.3) is 0 Å². The van der Waals surface area contributed by atoms with Gasteiger partial charge in [-0.2, -0.15) is 18.2 Å². The number of imidazole rings is 1. The number of rotatable bonds is 8. The lowest BCUT2D eigenvalue weighted by atomic mass is 10.2. The fraction of sp³-hybridized carbons (Fsp3) is 0.235. The van der Waals surface area contributed by atoms with Crippen molar-refractivity contribution in [2.45, 2.75) is 20.1 Å². The summed E-state index contributed by atoms with van der Waals surface area (Å²) in [6, 6.07) is 9.52. The predicted molar refractivity (Wildman–Crippen MR) is 93.4 cm³/mol. The molecule has 0 bridgehead atoms. The molecule has 0 spiro atoms. The van der Waals surface area contributed by atoms with Crippen LogP contribution in [0.1, 0.15) is 12.5 Å². The molecule has 27 heavy (non-hydrogen) atoms. The van der Waals surface area contributed by atoms with Crippen LogP contribution in [0.5, 0.6) is 11.5 Å². The average molecular weight is 378 g/mol. The summed E-state index contributed by atoms with van der Waals surface area (Å²) < 4.78 is 36.1. The van der Waals surface area contributed by atoms with Crippen LogP contribution in [0.15, 0.2) is 42.6 Å². The molecule has 2 heterocycles. The number of nitrogens with one attached hydrogen (secondary N) is 1. The number of anilines is 1. The molecule has 0 atom stereocenters. The molecule has 1 aromatic carbocycles. The summed E-state index contributed by atoms with van der Waals surface area (Å²) in [7, 11) is 0. The number of aromatic nitrogens is 2. The minimum absolute atomic E-state index is 0.0747. The second kappa shape index (κ2) is 7.85. The summed E-state index contributed by atoms with van der Waals surface area (Å²) in [5.41, 5.74) is 1.09. The molecule has 0 amide bonds. The van der Waals surface area contributed by atoms with Gasteiger partial charge in [-0.3, -0.25) is 0 Å². The van der Waals surface area contributed by atoms with E-state index in [-0.39, 0.29) is 36.3 Å². The van der Waals surface area contributed by atoms with Gasteiger partial charge in [0, 0.05) is 12.6 Å². The Labute approximate surface area is 152 Å². The fourth-order valence-corrected chi connectivity index (χ4v) is 2.59. The summed E-state index contributed by atoms with van der Waals surface area (Å²) in [5.74, 6) is 0.0151. The van der Waals surface area contributed by atoms with Crippen LogP contribution in [0.3, 0.4) is 0 Å². The highest BCUT2D eigenvalue weighted by atomic mass is 19.3. The third-order valence-corrected chi connectivity index (χ3v) is 3.66. The first-order chi connectivity index (χ1) is 13.0. The van der Waals surface area contributed by atoms with Gasteiger partial charge in [-0.05, 0) is 35.6 Å². The third kappa shape index (κ3) is 4.05. The Balaban J connectivity index is 1.84. The minimum atomic E-state index is -2.96. The third-order valence-electron chi connectivity index (χ3n) is 3.66. The number of pyridine rings is 1. The first-order valence-corrected chi connectivity index (χ1v) is 8.05. The number of alkyl halides is 2. The summed E-state index contributed by atoms with van der Waals surface area (Å²) in [6.45, 7) is -0.792. The van der Waals surface area contributed by atoms with Gasteiger partial charge in [-0.15, -0.1) is 0 Å². The molecule has 0 saturated carbocycles. The second-order valence-electron chi connectivity index (χ2n) is 5.42. The first-order valence-electron chi connectivity index (χ1n) is 8.05. The number of hydrogen-bond acceptors (Lipinski definition) is 6. The maximum atomic E-state index is 12.5. The number of hydrogen-bond donors (Lipinski definition) is 1. The number of halogens is 2. The molecule has 0 aliphatic carbocycles. The van der Waals surface area contributed by atoms with E-state index in [9.17, 15) is 18.9 Å². The highest BCUT2D eigenvalue weighted by molar-refractivity contribution is 5.62. The van der Waals surface area contributed by atoms with Crippen molar-refractivity contribution < 1.29 is 23.2 Å². The maximum Gasteiger partial charge on any atom is 0.387 e. The van der Waals surface area contributed by atoms with Crippen LogP contribution in [0.2, 0.25) is 0 Å². The second-order valence-corrected chi connectivity index (χ2v) is 5.42. The number of ether oxygens (including phenoxy) is 2. The molecule has 1 N–H and O–H groups in total. The fourth-order valence-electron chi connectivity index (χ4n) is 2.59. The zero-order chi connectivity index (χ0) is 19.4. The van der Waals surface area contributed by atoms with E-state index in [1.807, 2.05) is 0 Å². The summed E-state index contributed by atoms with van der Waals surface area (Å²) in [6.07, 6.45) is 1.55. The van der Waals surface area contributed by atoms with E-state index in [0.29, 0.717) is 11.2 Å². The van der Waals surface area contributed by atoms with Gasteiger partial charge in [0.15, 0.2) is 11.5 Å². The van der Waals surface area contributed by atoms with Crippen molar-refractivity contribution >= 4 is 17.3 Å². The minimum Gasteiger partial charge on any atom is -0.490 e. The Hall–Kier alpha value is -3.43. The Morgan fingerprint density at radius 3 is 2.81 bits per heavy atom. The molecule has 3 aromatic rings. The molecular weight excluding hydrogens is 362 g/mol. The maximum absolute atomic E-state index is 12.5. The Bertz CT molecular complexity index is 961. The monoisotopic (exact) mass is 378 g/mol. The van der Waals surface area contributed by atoms with Crippen molar-refractivity contribution in [1.29, 1.82) is 0 Å². The summed E-state index contributed by atoms with van der Waals surface area (Å²) in [5, 5.41) is 14.3. The van der Waals surface area contributed by atoms with Crippen molar-refractivity contribution in [3.8, 4) is 11.5 Å². The van der Waals surface area contributed by atoms with Crippen LogP contribution in [0.25, 0.3) is 5.65 Å². The lowest BCUT2D eigenvalue weighted by molar-refractivity contribution is -0.389. The van der Waals surface area contributed by atoms with Gasteiger partial charge in [0.2, 0.25) is 11.5 Å². The molecule has 2 aromatic heterocycles. The number of fused-ring (bicyclic) bond motifs is 1. The van der Waals surface area contributed by atoms with Crippen molar-refractivity contribution in [3.63, 3.8) is 0 Å². The van der Waals surface area contributed by atoms with Gasteiger partial charge in [0.1, 0.15) is 0 Å². The zero-order valence-electron chi connectivity index (χ0n) is 14.3. The lowest BCUT2D eigenvalue weighted by Crippen LogP contribution is -2.06. The molecule has 8 nitrogen and oxygen atoms in total. The van der Waals surface area contributed by atoms with E-state index in [1.54, 1.807) is 37.4 Å².